The summed E-state index contributed by atoms with van der Waals surface area (Å²) in [5.41, 5.74) is 1.40. The van der Waals surface area contributed by atoms with Crippen LogP contribution in [0.25, 0.3) is 0 Å². The normalized spacial score (nSPS) is 24.7. The second-order valence-electron chi connectivity index (χ2n) is 5.04. The number of nitrogens with zero attached hydrogens (tertiary/aromatic N) is 5. The fourth-order valence-corrected chi connectivity index (χ4v) is 2.75. The van der Waals surface area contributed by atoms with E-state index in [4.69, 9.17) is 0 Å². The highest BCUT2D eigenvalue weighted by Gasteiger charge is 2.51. The SMILES string of the molecule is CN(C)C(=O)[C@@H]1c2c(cnn2C)[C@@H]2CN1C(=O)N2O. The van der Waals surface area contributed by atoms with Crippen molar-refractivity contribution in [2.45, 2.75) is 12.1 Å². The molecule has 19 heavy (non-hydrogen) atoms. The average Bonchev–Trinajstić information content (AvgIpc) is 2.86. The van der Waals surface area contributed by atoms with E-state index in [0.29, 0.717) is 17.3 Å². The zero-order valence-corrected chi connectivity index (χ0v) is 10.9. The zero-order valence-electron chi connectivity index (χ0n) is 10.9. The van der Waals surface area contributed by atoms with Crippen molar-refractivity contribution in [3.63, 3.8) is 0 Å². The minimum atomic E-state index is -0.724. The summed E-state index contributed by atoms with van der Waals surface area (Å²) in [4.78, 5) is 27.2. The Hall–Kier alpha value is -2.09. The first kappa shape index (κ1) is 12.0. The molecule has 1 aromatic rings. The van der Waals surface area contributed by atoms with Crippen molar-refractivity contribution in [2.24, 2.45) is 7.05 Å². The van der Waals surface area contributed by atoms with Gasteiger partial charge in [-0.25, -0.2) is 4.79 Å². The summed E-state index contributed by atoms with van der Waals surface area (Å²) in [7, 11) is 5.01. The molecule has 1 saturated heterocycles. The van der Waals surface area contributed by atoms with E-state index in [1.807, 2.05) is 0 Å². The third-order valence-corrected chi connectivity index (χ3v) is 3.73. The van der Waals surface area contributed by atoms with Crippen molar-refractivity contribution >= 4 is 11.9 Å². The molecule has 1 aromatic heterocycles. The Morgan fingerprint density at radius 1 is 1.53 bits per heavy atom. The van der Waals surface area contributed by atoms with Crippen LogP contribution in [0.3, 0.4) is 0 Å². The molecule has 2 bridgehead atoms. The maximum Gasteiger partial charge on any atom is 0.345 e. The smallest absolute Gasteiger partial charge is 0.345 e. The monoisotopic (exact) mass is 265 g/mol. The van der Waals surface area contributed by atoms with Gasteiger partial charge in [-0.2, -0.15) is 10.2 Å². The number of amides is 3. The molecule has 3 heterocycles. The van der Waals surface area contributed by atoms with E-state index in [2.05, 4.69) is 5.10 Å². The Morgan fingerprint density at radius 2 is 2.21 bits per heavy atom. The van der Waals surface area contributed by atoms with Gasteiger partial charge in [0.2, 0.25) is 0 Å². The van der Waals surface area contributed by atoms with Crippen molar-refractivity contribution in [2.75, 3.05) is 20.6 Å². The minimum absolute atomic E-state index is 0.202. The van der Waals surface area contributed by atoms with Gasteiger partial charge in [-0.3, -0.25) is 14.7 Å². The van der Waals surface area contributed by atoms with Gasteiger partial charge in [-0.1, -0.05) is 0 Å². The van der Waals surface area contributed by atoms with Gasteiger partial charge in [0.15, 0.2) is 6.04 Å². The number of fused-ring (bicyclic) bond motifs is 4. The highest BCUT2D eigenvalue weighted by atomic mass is 16.5. The highest BCUT2D eigenvalue weighted by molar-refractivity contribution is 5.90. The van der Waals surface area contributed by atoms with E-state index < -0.39 is 18.1 Å². The second-order valence-corrected chi connectivity index (χ2v) is 5.04. The number of aryl methyl sites for hydroxylation is 1. The van der Waals surface area contributed by atoms with Gasteiger partial charge < -0.3 is 9.80 Å². The molecule has 2 aliphatic heterocycles. The maximum atomic E-state index is 12.3. The molecular formula is C11H15N5O3. The van der Waals surface area contributed by atoms with E-state index in [1.165, 1.54) is 9.80 Å². The Labute approximate surface area is 109 Å². The summed E-state index contributed by atoms with van der Waals surface area (Å²) < 4.78 is 1.59. The summed E-state index contributed by atoms with van der Waals surface area (Å²) in [6.45, 7) is 0.304. The third-order valence-electron chi connectivity index (χ3n) is 3.73. The van der Waals surface area contributed by atoms with Gasteiger partial charge in [0.1, 0.15) is 6.04 Å². The first-order valence-electron chi connectivity index (χ1n) is 5.95. The van der Waals surface area contributed by atoms with Crippen molar-refractivity contribution in [1.29, 1.82) is 0 Å². The Bertz CT molecular complexity index is 567. The van der Waals surface area contributed by atoms with Crippen LogP contribution in [0.2, 0.25) is 0 Å². The molecule has 3 amide bonds. The molecule has 2 atom stereocenters. The number of rotatable bonds is 1. The summed E-state index contributed by atoms with van der Waals surface area (Å²) in [5.74, 6) is -0.202. The first-order valence-corrected chi connectivity index (χ1v) is 5.95. The van der Waals surface area contributed by atoms with Crippen molar-refractivity contribution < 1.29 is 14.8 Å². The number of carbonyl (C=O) groups excluding carboxylic acids is 2. The molecule has 1 N–H and O–H groups in total. The zero-order chi connectivity index (χ0) is 13.9. The quantitative estimate of drug-likeness (QED) is 0.709. The van der Waals surface area contributed by atoms with Crippen molar-refractivity contribution in [3.05, 3.63) is 17.5 Å². The Kier molecular flexibility index (Phi) is 2.33. The fraction of sp³-hybridized carbons (Fsp3) is 0.545. The molecule has 0 saturated carbocycles. The molecule has 3 rings (SSSR count). The Morgan fingerprint density at radius 3 is 2.84 bits per heavy atom. The van der Waals surface area contributed by atoms with Gasteiger partial charge in [-0.15, -0.1) is 0 Å². The first-order chi connectivity index (χ1) is 8.93. The largest absolute Gasteiger partial charge is 0.347 e. The van der Waals surface area contributed by atoms with Crippen LogP contribution in [0.4, 0.5) is 4.79 Å². The number of hydroxylamine groups is 2. The number of hydrogen-bond acceptors (Lipinski definition) is 4. The van der Waals surface area contributed by atoms with Crippen LogP contribution in [0, 0.1) is 0 Å². The molecule has 2 aliphatic rings. The molecular weight excluding hydrogens is 250 g/mol. The number of aromatic nitrogens is 2. The van der Waals surface area contributed by atoms with Crippen LogP contribution >= 0.6 is 0 Å². The predicted octanol–water partition coefficient (Wildman–Crippen LogP) is -0.269. The third kappa shape index (κ3) is 1.40. The molecule has 0 aliphatic carbocycles. The summed E-state index contributed by atoms with van der Waals surface area (Å²) in [6.07, 6.45) is 1.61. The average molecular weight is 265 g/mol. The number of carbonyl (C=O) groups is 2. The van der Waals surface area contributed by atoms with E-state index in [9.17, 15) is 14.8 Å². The lowest BCUT2D eigenvalue weighted by atomic mass is 9.97. The topological polar surface area (TPSA) is 81.9 Å². The molecule has 0 spiro atoms. The summed E-state index contributed by atoms with van der Waals surface area (Å²) in [5, 5.41) is 14.7. The maximum absolute atomic E-state index is 12.3. The van der Waals surface area contributed by atoms with Gasteiger partial charge in [0, 0.05) is 26.7 Å². The second kappa shape index (κ2) is 3.70. The minimum Gasteiger partial charge on any atom is -0.347 e. The number of hydrogen-bond donors (Lipinski definition) is 1. The van der Waals surface area contributed by atoms with E-state index in [0.717, 1.165) is 5.56 Å². The number of likely N-dealkylation sites (N-methyl/N-ethyl adjacent to an activating group) is 1. The van der Waals surface area contributed by atoms with Crippen LogP contribution in [-0.2, 0) is 11.8 Å². The fourth-order valence-electron chi connectivity index (χ4n) is 2.75. The van der Waals surface area contributed by atoms with Gasteiger partial charge in [-0.05, 0) is 0 Å². The summed E-state index contributed by atoms with van der Waals surface area (Å²) in [6, 6.07) is -1.71. The lowest BCUT2D eigenvalue weighted by Gasteiger charge is -2.31. The van der Waals surface area contributed by atoms with Crippen LogP contribution < -0.4 is 0 Å². The van der Waals surface area contributed by atoms with Crippen LogP contribution in [0.5, 0.6) is 0 Å². The summed E-state index contributed by atoms with van der Waals surface area (Å²) >= 11 is 0. The van der Waals surface area contributed by atoms with Gasteiger partial charge in [0.25, 0.3) is 5.91 Å². The van der Waals surface area contributed by atoms with E-state index in [-0.39, 0.29) is 5.91 Å². The van der Waals surface area contributed by atoms with E-state index in [1.54, 1.807) is 32.0 Å². The molecule has 8 nitrogen and oxygen atoms in total. The number of urea groups is 1. The lowest BCUT2D eigenvalue weighted by Crippen LogP contribution is -2.43. The van der Waals surface area contributed by atoms with Crippen LogP contribution in [0.15, 0.2) is 6.20 Å². The van der Waals surface area contributed by atoms with Gasteiger partial charge >= 0.3 is 6.03 Å². The van der Waals surface area contributed by atoms with Gasteiger partial charge in [0.05, 0.1) is 18.4 Å². The van der Waals surface area contributed by atoms with E-state index >= 15 is 0 Å². The predicted molar refractivity (Wildman–Crippen MR) is 63.1 cm³/mol. The molecule has 1 fully saturated rings. The Balaban J connectivity index is 2.16. The van der Waals surface area contributed by atoms with Crippen LogP contribution in [-0.4, -0.2) is 62.4 Å². The molecule has 102 valence electrons. The van der Waals surface area contributed by atoms with Crippen molar-refractivity contribution in [3.8, 4) is 0 Å². The highest BCUT2D eigenvalue weighted by Crippen LogP contribution is 2.42. The molecule has 8 heteroatoms. The molecule has 0 radical (unpaired) electrons. The lowest BCUT2D eigenvalue weighted by molar-refractivity contribution is -0.134. The van der Waals surface area contributed by atoms with Crippen molar-refractivity contribution in [1.82, 2.24) is 24.6 Å². The van der Waals surface area contributed by atoms with Crippen LogP contribution in [0.1, 0.15) is 23.3 Å². The standard InChI is InChI=1S/C11H15N5O3/c1-13(2)10(17)9-8-6(4-12-14(8)3)7-5-15(9)11(18)16(7)19/h4,7,9,19H,5H2,1-3H3/t7-,9-/m0/s1. The molecule has 0 aromatic carbocycles. The molecule has 0 unspecified atom stereocenters.